The molecule has 1 aliphatic rings. The zero-order chi connectivity index (χ0) is 21.5. The Kier molecular flexibility index (Phi) is 5.85. The Morgan fingerprint density at radius 3 is 2.32 bits per heavy atom. The van der Waals surface area contributed by atoms with Gasteiger partial charge < -0.3 is 9.47 Å². The van der Waals surface area contributed by atoms with Crippen LogP contribution in [0.2, 0.25) is 19.6 Å². The average molecular weight is 401 g/mol. The van der Waals surface area contributed by atoms with E-state index in [0.29, 0.717) is 17.9 Å². The van der Waals surface area contributed by atoms with Crippen LogP contribution in [0.3, 0.4) is 0 Å². The lowest BCUT2D eigenvalue weighted by Crippen LogP contribution is -2.42. The molecule has 0 unspecified atom stereocenters. The molecular weight excluding hydrogens is 364 g/mol. The van der Waals surface area contributed by atoms with Crippen molar-refractivity contribution in [1.29, 1.82) is 0 Å². The number of rotatable bonds is 2. The molecule has 0 fully saturated rings. The number of esters is 1. The van der Waals surface area contributed by atoms with Crippen molar-refractivity contribution in [3.8, 4) is 17.2 Å². The number of carbonyl (C=O) groups excluding carboxylic acids is 1. The van der Waals surface area contributed by atoms with Crippen LogP contribution in [-0.4, -0.2) is 26.3 Å². The van der Waals surface area contributed by atoms with Crippen LogP contribution in [0.25, 0.3) is 0 Å². The van der Waals surface area contributed by atoms with E-state index in [-0.39, 0.29) is 22.4 Å². The number of carbonyl (C=O) groups is 1. The summed E-state index contributed by atoms with van der Waals surface area (Å²) in [6.07, 6.45) is 0.869. The van der Waals surface area contributed by atoms with E-state index < -0.39 is 8.07 Å². The third kappa shape index (κ3) is 5.88. The van der Waals surface area contributed by atoms with Crippen molar-refractivity contribution < 1.29 is 14.3 Å². The molecule has 0 saturated carbocycles. The first-order valence-corrected chi connectivity index (χ1v) is 13.6. The summed E-state index contributed by atoms with van der Waals surface area (Å²) in [7, 11) is -1.53. The molecule has 154 valence electrons. The number of hydrogen-bond acceptors (Lipinski definition) is 3. The Hall–Kier alpha value is -1.73. The molecule has 4 heteroatoms. The van der Waals surface area contributed by atoms with Gasteiger partial charge >= 0.3 is 5.97 Å². The molecule has 0 aromatic heterocycles. The Balaban J connectivity index is 2.61. The second kappa shape index (κ2) is 7.26. The van der Waals surface area contributed by atoms with Crippen LogP contribution >= 0.6 is 0 Å². The van der Waals surface area contributed by atoms with Gasteiger partial charge in [-0.15, -0.1) is 5.54 Å². The molecule has 0 amide bonds. The average Bonchev–Trinajstić information content (AvgIpc) is 2.47. The summed E-state index contributed by atoms with van der Waals surface area (Å²) in [5.74, 6) is 3.62. The predicted octanol–water partition coefficient (Wildman–Crippen LogP) is 5.96. The monoisotopic (exact) mass is 400 g/mol. The molecule has 1 aromatic rings. The van der Waals surface area contributed by atoms with E-state index in [2.05, 4.69) is 64.9 Å². The van der Waals surface area contributed by atoms with Gasteiger partial charge in [-0.1, -0.05) is 60.2 Å². The first-order valence-electron chi connectivity index (χ1n) is 10.1. The molecule has 0 bridgehead atoms. The van der Waals surface area contributed by atoms with Crippen LogP contribution < -0.4 is 4.74 Å². The molecule has 28 heavy (non-hydrogen) atoms. The Labute approximate surface area is 172 Å². The van der Waals surface area contributed by atoms with Crippen LogP contribution in [0, 0.1) is 16.9 Å². The highest BCUT2D eigenvalue weighted by Crippen LogP contribution is 2.47. The molecule has 0 N–H and O–H groups in total. The van der Waals surface area contributed by atoms with Gasteiger partial charge in [0.05, 0.1) is 6.61 Å². The maximum atomic E-state index is 13.0. The number of benzene rings is 1. The van der Waals surface area contributed by atoms with E-state index in [0.717, 1.165) is 17.5 Å². The van der Waals surface area contributed by atoms with E-state index in [1.807, 2.05) is 26.8 Å². The summed E-state index contributed by atoms with van der Waals surface area (Å²) in [5, 5.41) is 0. The molecule has 2 rings (SSSR count). The van der Waals surface area contributed by atoms with Gasteiger partial charge in [0.1, 0.15) is 25.0 Å². The highest BCUT2D eigenvalue weighted by atomic mass is 28.3. The van der Waals surface area contributed by atoms with Crippen molar-refractivity contribution in [3.63, 3.8) is 0 Å². The van der Waals surface area contributed by atoms with Gasteiger partial charge in [-0.05, 0) is 43.2 Å². The van der Waals surface area contributed by atoms with E-state index in [1.54, 1.807) is 0 Å². The standard InChI is InChI=1S/C24H36O3Si/c1-22(2,3)16-26-21(25)18-13-17(11-12-28(8,9)10)14-19-20(18)27-24(6,7)15-23(19,4)5/h13-14H,15-16H2,1-10H3. The summed E-state index contributed by atoms with van der Waals surface area (Å²) in [6, 6.07) is 3.94. The zero-order valence-electron chi connectivity index (χ0n) is 19.3. The SMILES string of the molecule is CC(C)(C)COC(=O)c1cc(C#C[Si](C)(C)C)cc2c1OC(C)(C)CC2(C)C. The van der Waals surface area contributed by atoms with Gasteiger partial charge in [0.15, 0.2) is 0 Å². The topological polar surface area (TPSA) is 35.5 Å². The lowest BCUT2D eigenvalue weighted by molar-refractivity contribution is 0.0316. The quantitative estimate of drug-likeness (QED) is 0.349. The lowest BCUT2D eigenvalue weighted by Gasteiger charge is -2.43. The Morgan fingerprint density at radius 2 is 1.79 bits per heavy atom. The molecule has 1 aromatic carbocycles. The first-order chi connectivity index (χ1) is 12.5. The number of fused-ring (bicyclic) bond motifs is 1. The first kappa shape index (κ1) is 22.6. The van der Waals surface area contributed by atoms with E-state index in [1.165, 1.54) is 0 Å². The summed E-state index contributed by atoms with van der Waals surface area (Å²) in [4.78, 5) is 13.0. The number of ether oxygens (including phenoxy) is 2. The van der Waals surface area contributed by atoms with Gasteiger partial charge in [-0.25, -0.2) is 4.79 Å². The summed E-state index contributed by atoms with van der Waals surface area (Å²) < 4.78 is 11.9. The van der Waals surface area contributed by atoms with Crippen LogP contribution in [0.4, 0.5) is 0 Å². The van der Waals surface area contributed by atoms with Crippen molar-refractivity contribution in [1.82, 2.24) is 0 Å². The second-order valence-corrected chi connectivity index (χ2v) is 16.2. The van der Waals surface area contributed by atoms with E-state index in [9.17, 15) is 4.79 Å². The maximum absolute atomic E-state index is 13.0. The molecule has 1 aliphatic heterocycles. The fraction of sp³-hybridized carbons (Fsp3) is 0.625. The molecule has 0 atom stereocenters. The van der Waals surface area contributed by atoms with Gasteiger partial charge in [-0.2, -0.15) is 0 Å². The third-order valence-corrected chi connectivity index (χ3v) is 5.38. The molecule has 0 aliphatic carbocycles. The zero-order valence-corrected chi connectivity index (χ0v) is 20.3. The van der Waals surface area contributed by atoms with Crippen LogP contribution in [0.15, 0.2) is 12.1 Å². The maximum Gasteiger partial charge on any atom is 0.341 e. The van der Waals surface area contributed by atoms with Gasteiger partial charge in [0.2, 0.25) is 0 Å². The second-order valence-electron chi connectivity index (χ2n) is 11.5. The lowest BCUT2D eigenvalue weighted by atomic mass is 9.72. The summed E-state index contributed by atoms with van der Waals surface area (Å²) >= 11 is 0. The van der Waals surface area contributed by atoms with Gasteiger partial charge in [0, 0.05) is 11.1 Å². The van der Waals surface area contributed by atoms with E-state index >= 15 is 0 Å². The van der Waals surface area contributed by atoms with Gasteiger partial charge in [-0.3, -0.25) is 0 Å². The van der Waals surface area contributed by atoms with Gasteiger partial charge in [0.25, 0.3) is 0 Å². The predicted molar refractivity (Wildman–Crippen MR) is 119 cm³/mol. The highest BCUT2D eigenvalue weighted by molar-refractivity contribution is 6.83. The minimum atomic E-state index is -1.53. The molecular formula is C24H36O3Si. The van der Waals surface area contributed by atoms with Crippen LogP contribution in [0.5, 0.6) is 5.75 Å². The normalized spacial score (nSPS) is 17.6. The fourth-order valence-corrected chi connectivity index (χ4v) is 4.08. The molecule has 0 saturated heterocycles. The Bertz CT molecular complexity index is 824. The molecule has 1 heterocycles. The van der Waals surface area contributed by atoms with Crippen molar-refractivity contribution in [2.75, 3.05) is 6.61 Å². The van der Waals surface area contributed by atoms with Crippen LogP contribution in [0.1, 0.15) is 76.4 Å². The van der Waals surface area contributed by atoms with Crippen molar-refractivity contribution in [2.24, 2.45) is 5.41 Å². The van der Waals surface area contributed by atoms with Crippen molar-refractivity contribution in [2.45, 2.75) is 85.5 Å². The molecule has 3 nitrogen and oxygen atoms in total. The minimum absolute atomic E-state index is 0.0929. The van der Waals surface area contributed by atoms with Crippen molar-refractivity contribution in [3.05, 3.63) is 28.8 Å². The Morgan fingerprint density at radius 1 is 1.18 bits per heavy atom. The van der Waals surface area contributed by atoms with E-state index in [4.69, 9.17) is 9.47 Å². The molecule has 0 spiro atoms. The molecule has 0 radical (unpaired) electrons. The van der Waals surface area contributed by atoms with Crippen LogP contribution in [-0.2, 0) is 10.2 Å². The fourth-order valence-electron chi connectivity index (χ4n) is 3.56. The van der Waals surface area contributed by atoms with Crippen molar-refractivity contribution >= 4 is 14.0 Å². The summed E-state index contributed by atoms with van der Waals surface area (Å²) in [6.45, 7) is 21.7. The largest absolute Gasteiger partial charge is 0.487 e. The summed E-state index contributed by atoms with van der Waals surface area (Å²) in [5.41, 5.74) is 5.24. The minimum Gasteiger partial charge on any atom is -0.487 e. The highest BCUT2D eigenvalue weighted by Gasteiger charge is 2.41. The number of hydrogen-bond donors (Lipinski definition) is 0. The smallest absolute Gasteiger partial charge is 0.341 e. The third-order valence-electron chi connectivity index (χ3n) is 4.50.